The number of nitrogen functional groups attached to an aromatic ring is 1. The molecule has 0 radical (unpaired) electrons. The topological polar surface area (TPSA) is 199 Å². The van der Waals surface area contributed by atoms with Crippen molar-refractivity contribution in [1.82, 2.24) is 39.0 Å². The van der Waals surface area contributed by atoms with Crippen LogP contribution in [0.25, 0.3) is 22.2 Å². The van der Waals surface area contributed by atoms with Gasteiger partial charge >= 0.3 is 11.9 Å². The third-order valence-corrected chi connectivity index (χ3v) is 12.2. The van der Waals surface area contributed by atoms with Crippen LogP contribution in [0.1, 0.15) is 31.7 Å². The number of fused-ring (bicyclic) bond motifs is 1. The van der Waals surface area contributed by atoms with Crippen molar-refractivity contribution in [2.75, 3.05) is 91.4 Å². The number of carbonyl (C=O) groups excluding carboxylic acids is 2. The molecule has 6 heterocycles. The lowest BCUT2D eigenvalue weighted by Gasteiger charge is -2.42. The highest BCUT2D eigenvalue weighted by atomic mass is 16.5. The lowest BCUT2D eigenvalue weighted by atomic mass is 9.89. The molecule has 2 aromatic carbocycles. The normalized spacial score (nSPS) is 21.0. The number of ether oxygens (including phenoxy) is 2. The molecule has 0 spiro atoms. The van der Waals surface area contributed by atoms with Gasteiger partial charge in [0.2, 0.25) is 11.6 Å². The first-order valence-corrected chi connectivity index (χ1v) is 21.9. The van der Waals surface area contributed by atoms with Crippen molar-refractivity contribution in [1.29, 1.82) is 0 Å². The Balaban J connectivity index is 0.000000182. The van der Waals surface area contributed by atoms with Gasteiger partial charge in [-0.3, -0.25) is 19.4 Å². The number of carboxylic acid groups (broad SMARTS) is 2. The molecule has 6 aliphatic rings. The second-order valence-corrected chi connectivity index (χ2v) is 16.6. The van der Waals surface area contributed by atoms with Crippen molar-refractivity contribution >= 4 is 40.4 Å². The number of nitrogens with zero attached hydrogens (tertiary/aromatic N) is 8. The standard InChI is InChI=1S/C31H38N6O2.C12H13N3O2.C4H4O4/c1-38-20-19-35-15-17-36(18-16-35)24-9-11-25(12-10-24)37-21-28(29-30(32)33-22-34-31(29)37)23-7-13-27(14-8-23)39-26-5-3-2-4-6-26;16-9-7-8(13-1-2-13)12(17)11(15-5-6-15)10(9)14-3-4-14;5-3(6)1-2-4(7)8/h2-8,13-14,21-22,24-25H,9-12,15-20H2,1H3,(H2,32,33,34);7H,1-6H2;1-2H,(H,5,6)(H,7,8)/b;;2-1-. The number of Topliss-reactive ketones (excluding diaryl/α,β-unsaturated/α-hetero) is 1. The number of aliphatic carboxylic acids is 2. The number of ketones is 2. The van der Waals surface area contributed by atoms with Gasteiger partial charge in [-0.1, -0.05) is 30.3 Å². The highest BCUT2D eigenvalue weighted by Gasteiger charge is 2.43. The molecule has 64 heavy (non-hydrogen) atoms. The van der Waals surface area contributed by atoms with Crippen molar-refractivity contribution in [2.45, 2.75) is 37.8 Å². The van der Waals surface area contributed by atoms with Crippen LogP contribution >= 0.6 is 0 Å². The van der Waals surface area contributed by atoms with Crippen LogP contribution < -0.4 is 10.5 Å². The maximum Gasteiger partial charge on any atom is 0.328 e. The zero-order chi connectivity index (χ0) is 44.7. The highest BCUT2D eigenvalue weighted by molar-refractivity contribution is 6.22. The third kappa shape index (κ3) is 10.8. The minimum absolute atomic E-state index is 0.00546. The molecule has 10 rings (SSSR count). The maximum atomic E-state index is 12.4. The van der Waals surface area contributed by atoms with E-state index < -0.39 is 11.9 Å². The Labute approximate surface area is 371 Å². The van der Waals surface area contributed by atoms with Crippen molar-refractivity contribution in [3.05, 3.63) is 102 Å². The number of carbonyl (C=O) groups is 4. The van der Waals surface area contributed by atoms with Gasteiger partial charge in [-0.05, 0) is 55.5 Å². The molecule has 0 atom stereocenters. The van der Waals surface area contributed by atoms with Gasteiger partial charge in [-0.25, -0.2) is 19.6 Å². The van der Waals surface area contributed by atoms with Gasteiger partial charge in [-0.15, -0.1) is 0 Å². The summed E-state index contributed by atoms with van der Waals surface area (Å²) in [5.41, 5.74) is 11.4. The van der Waals surface area contributed by atoms with E-state index >= 15 is 0 Å². The number of benzene rings is 2. The Morgan fingerprint density at radius 2 is 1.34 bits per heavy atom. The molecule has 17 nitrogen and oxygen atoms in total. The van der Waals surface area contributed by atoms with Crippen molar-refractivity contribution < 1.29 is 38.9 Å². The van der Waals surface area contributed by atoms with Gasteiger partial charge in [0, 0.05) is 121 Å². The zero-order valence-corrected chi connectivity index (χ0v) is 36.1. The predicted octanol–water partition coefficient (Wildman–Crippen LogP) is 4.11. The van der Waals surface area contributed by atoms with Crippen molar-refractivity contribution in [3.8, 4) is 22.6 Å². The molecule has 0 unspecified atom stereocenters. The number of anilines is 1. The van der Waals surface area contributed by atoms with Gasteiger partial charge in [0.15, 0.2) is 0 Å². The van der Waals surface area contributed by atoms with Crippen LogP contribution in [0.4, 0.5) is 5.82 Å². The molecule has 4 N–H and O–H groups in total. The minimum atomic E-state index is -1.26. The average Bonchev–Trinajstić information content (AvgIpc) is 4.16. The number of nitrogens with two attached hydrogens (primary N) is 1. The van der Waals surface area contributed by atoms with Crippen molar-refractivity contribution in [2.24, 2.45) is 0 Å². The third-order valence-electron chi connectivity index (χ3n) is 12.2. The van der Waals surface area contributed by atoms with E-state index in [1.165, 1.54) is 18.9 Å². The van der Waals surface area contributed by atoms with E-state index in [1.54, 1.807) is 13.4 Å². The number of carboxylic acids is 2. The van der Waals surface area contributed by atoms with E-state index in [9.17, 15) is 19.2 Å². The molecule has 0 bridgehead atoms. The second-order valence-electron chi connectivity index (χ2n) is 16.6. The van der Waals surface area contributed by atoms with E-state index in [-0.39, 0.29) is 11.6 Å². The number of aromatic nitrogens is 3. The first-order valence-electron chi connectivity index (χ1n) is 21.9. The summed E-state index contributed by atoms with van der Waals surface area (Å²) in [6.07, 6.45) is 11.2. The van der Waals surface area contributed by atoms with E-state index in [0.717, 1.165) is 125 Å². The molecule has 4 aliphatic heterocycles. The highest BCUT2D eigenvalue weighted by Crippen LogP contribution is 2.40. The van der Waals surface area contributed by atoms with Crippen LogP contribution in [0.5, 0.6) is 11.5 Å². The van der Waals surface area contributed by atoms with Crippen LogP contribution in [0.3, 0.4) is 0 Å². The number of para-hydroxylation sites is 1. The van der Waals surface area contributed by atoms with Crippen LogP contribution in [-0.2, 0) is 23.9 Å². The lowest BCUT2D eigenvalue weighted by molar-refractivity contribution is -0.134. The fourth-order valence-electron chi connectivity index (χ4n) is 8.62. The van der Waals surface area contributed by atoms with Crippen LogP contribution in [0, 0.1) is 0 Å². The number of rotatable bonds is 13. The largest absolute Gasteiger partial charge is 0.478 e. The minimum Gasteiger partial charge on any atom is -0.478 e. The molecular formula is C47H55N9O8. The van der Waals surface area contributed by atoms with Crippen LogP contribution in [0.2, 0.25) is 0 Å². The molecule has 2 aromatic heterocycles. The van der Waals surface area contributed by atoms with Crippen LogP contribution in [-0.4, -0.2) is 165 Å². The summed E-state index contributed by atoms with van der Waals surface area (Å²) in [6, 6.07) is 19.1. The Kier molecular flexibility index (Phi) is 13.7. The number of allylic oxidation sites excluding steroid dienone is 1. The van der Waals surface area contributed by atoms with Gasteiger partial charge in [0.05, 0.1) is 17.7 Å². The maximum absolute atomic E-state index is 12.4. The summed E-state index contributed by atoms with van der Waals surface area (Å²) in [6.45, 7) is 11.8. The van der Waals surface area contributed by atoms with Crippen molar-refractivity contribution in [3.63, 3.8) is 0 Å². The Morgan fingerprint density at radius 3 is 1.94 bits per heavy atom. The first kappa shape index (κ1) is 44.1. The summed E-state index contributed by atoms with van der Waals surface area (Å²) in [7, 11) is 1.78. The molecule has 2 aliphatic carbocycles. The zero-order valence-electron chi connectivity index (χ0n) is 36.1. The summed E-state index contributed by atoms with van der Waals surface area (Å²) in [5, 5.41) is 16.6. The Hall–Kier alpha value is -6.56. The summed E-state index contributed by atoms with van der Waals surface area (Å²) < 4.78 is 13.6. The molecule has 4 aromatic rings. The molecule has 1 saturated carbocycles. The van der Waals surface area contributed by atoms with Crippen LogP contribution in [0.15, 0.2) is 102 Å². The SMILES string of the molecule is COCCN1CCN(C2CCC(n3cc(-c4ccc(Oc5ccccc5)cc4)c4c(N)ncnc43)CC2)CC1.O=C(O)/C=C\C(=O)O.O=C1C=C(N2CC2)C(=O)C(N2CC2)=C1N1CC1. The van der Waals surface area contributed by atoms with Gasteiger partial charge in [-0.2, -0.15) is 0 Å². The quantitative estimate of drug-likeness (QED) is 0.0984. The summed E-state index contributed by atoms with van der Waals surface area (Å²) >= 11 is 0. The van der Waals surface area contributed by atoms with Gasteiger partial charge in [0.1, 0.15) is 40.7 Å². The molecule has 0 amide bonds. The van der Waals surface area contributed by atoms with E-state index in [0.29, 0.717) is 47.1 Å². The second kappa shape index (κ2) is 19.9. The number of piperazine rings is 1. The van der Waals surface area contributed by atoms with Gasteiger partial charge in [0.25, 0.3) is 0 Å². The monoisotopic (exact) mass is 873 g/mol. The van der Waals surface area contributed by atoms with E-state index in [2.05, 4.69) is 37.7 Å². The number of methoxy groups -OCH3 is 1. The summed E-state index contributed by atoms with van der Waals surface area (Å²) in [5.74, 6) is -0.315. The molecule has 4 saturated heterocycles. The average molecular weight is 874 g/mol. The van der Waals surface area contributed by atoms with E-state index in [4.69, 9.17) is 30.4 Å². The Bertz CT molecular complexity index is 2410. The molecule has 336 valence electrons. The van der Waals surface area contributed by atoms with Gasteiger partial charge < -0.3 is 44.7 Å². The smallest absolute Gasteiger partial charge is 0.328 e. The molecule has 17 heteroatoms. The fourth-order valence-corrected chi connectivity index (χ4v) is 8.62. The first-order chi connectivity index (χ1) is 31.1. The molecular weight excluding hydrogens is 819 g/mol. The number of hydrogen-bond donors (Lipinski definition) is 3. The summed E-state index contributed by atoms with van der Waals surface area (Å²) in [4.78, 5) is 63.8. The number of hydrogen-bond acceptors (Lipinski definition) is 14. The predicted molar refractivity (Wildman–Crippen MR) is 239 cm³/mol. The lowest BCUT2D eigenvalue weighted by Crippen LogP contribution is -2.51. The molecule has 5 fully saturated rings. The van der Waals surface area contributed by atoms with E-state index in [1.807, 2.05) is 57.2 Å². The Morgan fingerprint density at radius 1 is 0.750 bits per heavy atom. The fraction of sp³-hybridized carbons (Fsp3) is 0.404.